The third kappa shape index (κ3) is 4.01. The fraction of sp³-hybridized carbons (Fsp3) is 0.185. The number of nitrogens with zero attached hydrogens (tertiary/aromatic N) is 3. The third-order valence-corrected chi connectivity index (χ3v) is 7.77. The monoisotopic (exact) mass is 503 g/mol. The summed E-state index contributed by atoms with van der Waals surface area (Å²) >= 11 is 0. The SMILES string of the molecule is CCOC(=O)Cn1cc(-c2cc3cccnc3n2S(=O)(=O)c2ccc(C)cc2)c2cc(OC)ccc21. The van der Waals surface area contributed by atoms with Gasteiger partial charge in [0.2, 0.25) is 0 Å². The zero-order chi connectivity index (χ0) is 25.4. The molecular weight excluding hydrogens is 478 g/mol. The molecule has 0 radical (unpaired) electrons. The number of aromatic nitrogens is 3. The van der Waals surface area contributed by atoms with Gasteiger partial charge in [-0.25, -0.2) is 17.4 Å². The molecule has 0 aliphatic heterocycles. The first kappa shape index (κ1) is 23.6. The predicted octanol–water partition coefficient (Wildman–Crippen LogP) is 4.78. The number of fused-ring (bicyclic) bond motifs is 2. The molecule has 3 aromatic heterocycles. The standard InChI is InChI=1S/C27H25N3O5S/c1-4-35-26(31)17-29-16-23(22-15-20(34-3)9-12-24(22)29)25-14-19-6-5-13-28-27(19)30(25)36(32,33)21-10-7-18(2)8-11-21/h5-16H,4,17H2,1-3H3. The summed E-state index contributed by atoms with van der Waals surface area (Å²) in [6.07, 6.45) is 3.34. The van der Waals surface area contributed by atoms with Crippen LogP contribution < -0.4 is 4.74 Å². The smallest absolute Gasteiger partial charge is 0.325 e. The van der Waals surface area contributed by atoms with Crippen molar-refractivity contribution in [1.82, 2.24) is 13.5 Å². The average molecular weight is 504 g/mol. The maximum Gasteiger partial charge on any atom is 0.325 e. The van der Waals surface area contributed by atoms with Gasteiger partial charge in [0.1, 0.15) is 12.3 Å². The summed E-state index contributed by atoms with van der Waals surface area (Å²) in [5, 5.41) is 1.42. The lowest BCUT2D eigenvalue weighted by Gasteiger charge is -2.11. The molecule has 8 nitrogen and oxygen atoms in total. The Morgan fingerprint density at radius 3 is 2.56 bits per heavy atom. The van der Waals surface area contributed by atoms with Crippen LogP contribution in [0, 0.1) is 6.92 Å². The second-order valence-electron chi connectivity index (χ2n) is 8.39. The number of carbonyl (C=O) groups excluding carboxylic acids is 1. The number of aryl methyl sites for hydroxylation is 1. The van der Waals surface area contributed by atoms with Gasteiger partial charge in [0.15, 0.2) is 5.65 Å². The van der Waals surface area contributed by atoms with Crippen LogP contribution in [0.25, 0.3) is 33.2 Å². The number of hydrogen-bond donors (Lipinski definition) is 0. The number of rotatable bonds is 7. The predicted molar refractivity (Wildman–Crippen MR) is 138 cm³/mol. The van der Waals surface area contributed by atoms with Crippen molar-refractivity contribution in [3.63, 3.8) is 0 Å². The quantitative estimate of drug-likeness (QED) is 0.297. The first-order valence-electron chi connectivity index (χ1n) is 11.4. The van der Waals surface area contributed by atoms with Gasteiger partial charge in [0.05, 0.1) is 24.3 Å². The van der Waals surface area contributed by atoms with Crippen LogP contribution in [0.3, 0.4) is 0 Å². The zero-order valence-electron chi connectivity index (χ0n) is 20.1. The molecule has 5 rings (SSSR count). The lowest BCUT2D eigenvalue weighted by molar-refractivity contribution is -0.143. The summed E-state index contributed by atoms with van der Waals surface area (Å²) in [4.78, 5) is 16.9. The molecule has 36 heavy (non-hydrogen) atoms. The summed E-state index contributed by atoms with van der Waals surface area (Å²) in [6, 6.07) is 17.6. The van der Waals surface area contributed by atoms with Crippen molar-refractivity contribution >= 4 is 37.9 Å². The van der Waals surface area contributed by atoms with Crippen molar-refractivity contribution in [2.24, 2.45) is 0 Å². The van der Waals surface area contributed by atoms with E-state index in [9.17, 15) is 13.2 Å². The molecular formula is C27H25N3O5S. The fourth-order valence-electron chi connectivity index (χ4n) is 4.34. The van der Waals surface area contributed by atoms with Gasteiger partial charge in [-0.1, -0.05) is 17.7 Å². The topological polar surface area (TPSA) is 92.4 Å². The molecule has 0 saturated carbocycles. The van der Waals surface area contributed by atoms with E-state index >= 15 is 0 Å². The van der Waals surface area contributed by atoms with Gasteiger partial charge in [-0.3, -0.25) is 4.79 Å². The van der Waals surface area contributed by atoms with Crippen LogP contribution >= 0.6 is 0 Å². The van der Waals surface area contributed by atoms with Crippen LogP contribution in [0.5, 0.6) is 5.75 Å². The minimum atomic E-state index is -4.00. The molecule has 0 atom stereocenters. The molecule has 0 bridgehead atoms. The summed E-state index contributed by atoms with van der Waals surface area (Å²) in [5.74, 6) is 0.228. The van der Waals surface area contributed by atoms with Gasteiger partial charge < -0.3 is 14.0 Å². The molecule has 9 heteroatoms. The molecule has 2 aromatic carbocycles. The lowest BCUT2D eigenvalue weighted by atomic mass is 10.1. The van der Waals surface area contributed by atoms with Crippen molar-refractivity contribution < 1.29 is 22.7 Å². The van der Waals surface area contributed by atoms with E-state index in [4.69, 9.17) is 9.47 Å². The summed E-state index contributed by atoms with van der Waals surface area (Å²) < 4.78 is 41.5. The van der Waals surface area contributed by atoms with Crippen LogP contribution in [-0.2, 0) is 26.1 Å². The Morgan fingerprint density at radius 1 is 1.06 bits per heavy atom. The van der Waals surface area contributed by atoms with Crippen LogP contribution in [0.2, 0.25) is 0 Å². The first-order chi connectivity index (χ1) is 17.3. The normalized spacial score (nSPS) is 11.8. The molecule has 0 unspecified atom stereocenters. The summed E-state index contributed by atoms with van der Waals surface area (Å²) in [6.45, 7) is 3.91. The van der Waals surface area contributed by atoms with Gasteiger partial charge in [-0.2, -0.15) is 0 Å². The number of pyridine rings is 1. The molecule has 0 amide bonds. The number of ether oxygens (including phenoxy) is 2. The Kier molecular flexibility index (Phi) is 6.01. The highest BCUT2D eigenvalue weighted by molar-refractivity contribution is 7.90. The molecule has 184 valence electrons. The van der Waals surface area contributed by atoms with Crippen molar-refractivity contribution in [3.05, 3.63) is 78.6 Å². The van der Waals surface area contributed by atoms with Crippen molar-refractivity contribution in [2.75, 3.05) is 13.7 Å². The van der Waals surface area contributed by atoms with E-state index in [1.807, 2.05) is 25.1 Å². The van der Waals surface area contributed by atoms with E-state index in [1.165, 1.54) is 3.97 Å². The molecule has 0 aliphatic carbocycles. The van der Waals surface area contributed by atoms with Gasteiger partial charge in [-0.05, 0) is 62.4 Å². The highest BCUT2D eigenvalue weighted by Crippen LogP contribution is 2.37. The third-order valence-electron chi connectivity index (χ3n) is 6.05. The highest BCUT2D eigenvalue weighted by atomic mass is 32.2. The summed E-state index contributed by atoms with van der Waals surface area (Å²) in [7, 11) is -2.43. The Balaban J connectivity index is 1.80. The Bertz CT molecular complexity index is 1700. The van der Waals surface area contributed by atoms with Crippen molar-refractivity contribution in [1.29, 1.82) is 0 Å². The highest BCUT2D eigenvalue weighted by Gasteiger charge is 2.27. The molecule has 0 N–H and O–H groups in total. The Labute approximate surface area is 208 Å². The van der Waals surface area contributed by atoms with Crippen molar-refractivity contribution in [3.8, 4) is 17.0 Å². The average Bonchev–Trinajstić information content (AvgIpc) is 3.43. The van der Waals surface area contributed by atoms with Crippen molar-refractivity contribution in [2.45, 2.75) is 25.3 Å². The largest absolute Gasteiger partial charge is 0.497 e. The molecule has 3 heterocycles. The zero-order valence-corrected chi connectivity index (χ0v) is 21.0. The molecule has 5 aromatic rings. The molecule has 0 saturated heterocycles. The fourth-order valence-corrected chi connectivity index (χ4v) is 5.82. The number of benzene rings is 2. The maximum absolute atomic E-state index is 14.0. The Morgan fingerprint density at radius 2 is 1.83 bits per heavy atom. The van der Waals surface area contributed by atoms with E-state index in [1.54, 1.807) is 73.5 Å². The number of hydrogen-bond acceptors (Lipinski definition) is 6. The van der Waals surface area contributed by atoms with Crippen LogP contribution in [0.4, 0.5) is 0 Å². The first-order valence-corrected chi connectivity index (χ1v) is 12.9. The van der Waals surface area contributed by atoms with Gasteiger partial charge in [0, 0.05) is 34.2 Å². The van der Waals surface area contributed by atoms with Gasteiger partial charge >= 0.3 is 5.97 Å². The number of carbonyl (C=O) groups is 1. The van der Waals surface area contributed by atoms with Crippen LogP contribution in [0.1, 0.15) is 12.5 Å². The maximum atomic E-state index is 14.0. The molecule has 0 aliphatic rings. The van der Waals surface area contributed by atoms with Crippen LogP contribution in [-0.4, -0.2) is 41.6 Å². The minimum Gasteiger partial charge on any atom is -0.497 e. The van der Waals surface area contributed by atoms with E-state index in [-0.39, 0.29) is 24.0 Å². The summed E-state index contributed by atoms with van der Waals surface area (Å²) in [5.41, 5.74) is 3.09. The second kappa shape index (κ2) is 9.16. The Hall–Kier alpha value is -4.11. The molecule has 0 fully saturated rings. The van der Waals surface area contributed by atoms with E-state index in [0.717, 1.165) is 16.5 Å². The molecule has 0 spiro atoms. The van der Waals surface area contributed by atoms with Gasteiger partial charge in [0.25, 0.3) is 10.0 Å². The minimum absolute atomic E-state index is 0.0140. The van der Waals surface area contributed by atoms with E-state index in [2.05, 4.69) is 4.98 Å². The van der Waals surface area contributed by atoms with E-state index < -0.39 is 10.0 Å². The number of esters is 1. The van der Waals surface area contributed by atoms with Crippen LogP contribution in [0.15, 0.2) is 78.0 Å². The van der Waals surface area contributed by atoms with Gasteiger partial charge in [-0.15, -0.1) is 0 Å². The number of methoxy groups -OCH3 is 1. The lowest BCUT2D eigenvalue weighted by Crippen LogP contribution is -2.15. The van der Waals surface area contributed by atoms with E-state index in [0.29, 0.717) is 28.0 Å². The second-order valence-corrected chi connectivity index (χ2v) is 10.2.